The number of amides is 1. The second kappa shape index (κ2) is 67.1. The summed E-state index contributed by atoms with van der Waals surface area (Å²) in [4.78, 5) is 24.6. The molecule has 0 fully saturated rings. The fraction of sp³-hybridized carbons (Fsp3) is 0.944. The largest absolute Gasteiger partial charge is 0.466 e. The number of carbonyl (C=O) groups excluding carboxylic acids is 2. The van der Waals surface area contributed by atoms with Gasteiger partial charge in [0.15, 0.2) is 0 Å². The van der Waals surface area contributed by atoms with E-state index in [-0.39, 0.29) is 18.5 Å². The van der Waals surface area contributed by atoms with Crippen LogP contribution in [0.25, 0.3) is 0 Å². The van der Waals surface area contributed by atoms with Gasteiger partial charge in [-0.25, -0.2) is 0 Å². The summed E-state index contributed by atoms with van der Waals surface area (Å²) in [5.74, 6) is -0.0504. The second-order valence-corrected chi connectivity index (χ2v) is 24.6. The van der Waals surface area contributed by atoms with Crippen LogP contribution in [0.15, 0.2) is 12.2 Å². The molecule has 0 spiro atoms. The number of hydrogen-bond donors (Lipinski definition) is 3. The first-order valence-corrected chi connectivity index (χ1v) is 35.5. The number of hydrogen-bond acceptors (Lipinski definition) is 5. The maximum atomic E-state index is 12.5. The van der Waals surface area contributed by atoms with Crippen molar-refractivity contribution in [2.75, 3.05) is 13.2 Å². The first-order chi connectivity index (χ1) is 38.0. The van der Waals surface area contributed by atoms with Crippen molar-refractivity contribution in [1.29, 1.82) is 0 Å². The van der Waals surface area contributed by atoms with Crippen molar-refractivity contribution in [3.05, 3.63) is 12.2 Å². The smallest absolute Gasteiger partial charge is 0.305 e. The van der Waals surface area contributed by atoms with Gasteiger partial charge >= 0.3 is 5.97 Å². The first kappa shape index (κ1) is 75.6. The molecule has 0 aromatic carbocycles. The molecule has 0 bridgehead atoms. The third kappa shape index (κ3) is 63.6. The summed E-state index contributed by atoms with van der Waals surface area (Å²) in [6.07, 6.45) is 82.8. The molecular weight excluding hydrogens is 947 g/mol. The molecule has 2 unspecified atom stereocenters. The maximum absolute atomic E-state index is 12.5. The van der Waals surface area contributed by atoms with E-state index in [0.29, 0.717) is 19.4 Å². The minimum absolute atomic E-state index is 0.0142. The van der Waals surface area contributed by atoms with Gasteiger partial charge in [-0.2, -0.15) is 0 Å². The molecule has 6 nitrogen and oxygen atoms in total. The van der Waals surface area contributed by atoms with E-state index in [1.165, 1.54) is 340 Å². The number of nitrogens with one attached hydrogen (secondary N) is 1. The number of carbonyl (C=O) groups is 2. The van der Waals surface area contributed by atoms with E-state index in [1.54, 1.807) is 6.08 Å². The zero-order chi connectivity index (χ0) is 55.7. The Labute approximate surface area is 482 Å². The van der Waals surface area contributed by atoms with Gasteiger partial charge in [-0.05, 0) is 32.1 Å². The monoisotopic (exact) mass is 1090 g/mol. The van der Waals surface area contributed by atoms with Gasteiger partial charge in [-0.3, -0.25) is 9.59 Å². The molecule has 0 radical (unpaired) electrons. The molecule has 0 aliphatic rings. The third-order valence-electron chi connectivity index (χ3n) is 16.8. The van der Waals surface area contributed by atoms with Crippen LogP contribution in [0, 0.1) is 0 Å². The number of esters is 1. The molecule has 2 atom stereocenters. The van der Waals surface area contributed by atoms with Gasteiger partial charge in [-0.15, -0.1) is 0 Å². The van der Waals surface area contributed by atoms with Crippen LogP contribution >= 0.6 is 0 Å². The van der Waals surface area contributed by atoms with Gasteiger partial charge in [0.1, 0.15) is 0 Å². The zero-order valence-electron chi connectivity index (χ0n) is 52.5. The van der Waals surface area contributed by atoms with Crippen molar-refractivity contribution >= 4 is 11.9 Å². The van der Waals surface area contributed by atoms with Crippen molar-refractivity contribution in [2.45, 2.75) is 418 Å². The summed E-state index contributed by atoms with van der Waals surface area (Å²) >= 11 is 0. The van der Waals surface area contributed by atoms with Gasteiger partial charge in [-0.1, -0.05) is 373 Å². The minimum atomic E-state index is -0.847. The Bertz CT molecular complexity index is 1160. The molecule has 3 N–H and O–H groups in total. The average Bonchev–Trinajstić information content (AvgIpc) is 3.43. The molecule has 0 saturated heterocycles. The number of unbranched alkanes of at least 4 members (excludes halogenated alkanes) is 56. The van der Waals surface area contributed by atoms with E-state index in [9.17, 15) is 19.8 Å². The van der Waals surface area contributed by atoms with Crippen LogP contribution in [0.5, 0.6) is 0 Å². The van der Waals surface area contributed by atoms with E-state index < -0.39 is 12.1 Å². The molecule has 0 aromatic heterocycles. The highest BCUT2D eigenvalue weighted by atomic mass is 16.5. The molecular formula is C71H139NO5. The van der Waals surface area contributed by atoms with Gasteiger partial charge in [0.05, 0.1) is 25.4 Å². The van der Waals surface area contributed by atoms with E-state index in [4.69, 9.17) is 4.74 Å². The number of aliphatic hydroxyl groups excluding tert-OH is 2. The third-order valence-corrected chi connectivity index (χ3v) is 16.8. The Balaban J connectivity index is 3.41. The van der Waals surface area contributed by atoms with Gasteiger partial charge in [0.25, 0.3) is 0 Å². The molecule has 1 amide bonds. The normalized spacial score (nSPS) is 12.5. The lowest BCUT2D eigenvalue weighted by Crippen LogP contribution is -2.45. The second-order valence-electron chi connectivity index (χ2n) is 24.6. The highest BCUT2D eigenvalue weighted by Gasteiger charge is 2.18. The summed E-state index contributed by atoms with van der Waals surface area (Å²) in [7, 11) is 0. The molecule has 0 aromatic rings. The van der Waals surface area contributed by atoms with E-state index in [1.807, 2.05) is 6.08 Å². The summed E-state index contributed by atoms with van der Waals surface area (Å²) in [6, 6.07) is -0.630. The molecule has 0 heterocycles. The SMILES string of the molecule is CCCCCCCCCCCCCCCCCCCCCCCCC/C=C/C(O)C(CO)NC(=O)CCCCCCCCCCCCCCCCCCCCCCOC(=O)CCCCCCCCCCCCCCCCC. The lowest BCUT2D eigenvalue weighted by atomic mass is 10.0. The number of allylic oxidation sites excluding steroid dienone is 1. The van der Waals surface area contributed by atoms with Crippen LogP contribution in [0.1, 0.15) is 406 Å². The Morgan fingerprint density at radius 3 is 0.883 bits per heavy atom. The Morgan fingerprint density at radius 1 is 0.351 bits per heavy atom. The molecule has 77 heavy (non-hydrogen) atoms. The molecule has 0 rings (SSSR count). The van der Waals surface area contributed by atoms with Crippen LogP contribution in [0.2, 0.25) is 0 Å². The predicted molar refractivity (Wildman–Crippen MR) is 338 cm³/mol. The summed E-state index contributed by atoms with van der Waals surface area (Å²) in [5.41, 5.74) is 0. The van der Waals surface area contributed by atoms with Crippen molar-refractivity contribution < 1.29 is 24.5 Å². The van der Waals surface area contributed by atoms with E-state index in [2.05, 4.69) is 19.2 Å². The van der Waals surface area contributed by atoms with Gasteiger partial charge < -0.3 is 20.3 Å². The summed E-state index contributed by atoms with van der Waals surface area (Å²) in [6.45, 7) is 4.95. The standard InChI is InChI=1S/C71H139NO5/c1-3-5-7-9-11-13-15-17-19-20-21-22-23-24-25-26-29-32-36-39-43-47-51-55-59-63-69(74)68(67-73)72-70(75)64-60-56-52-48-44-40-37-33-30-27-28-31-34-38-42-46-50-54-58-62-66-77-71(76)65-61-57-53-49-45-41-35-18-16-14-12-10-8-6-4-2/h59,63,68-69,73-74H,3-58,60-62,64-67H2,1-2H3,(H,72,75)/b63-59+. The van der Waals surface area contributed by atoms with Crippen LogP contribution in [-0.4, -0.2) is 47.4 Å². The molecule has 0 aliphatic carbocycles. The maximum Gasteiger partial charge on any atom is 0.305 e. The number of ether oxygens (including phenoxy) is 1. The fourth-order valence-corrected chi connectivity index (χ4v) is 11.4. The molecule has 6 heteroatoms. The van der Waals surface area contributed by atoms with Gasteiger partial charge in [0.2, 0.25) is 5.91 Å². The zero-order valence-corrected chi connectivity index (χ0v) is 52.5. The van der Waals surface area contributed by atoms with E-state index in [0.717, 1.165) is 38.5 Å². The van der Waals surface area contributed by atoms with Crippen LogP contribution in [-0.2, 0) is 14.3 Å². The Hall–Kier alpha value is -1.40. The predicted octanol–water partition coefficient (Wildman–Crippen LogP) is 22.8. The fourth-order valence-electron chi connectivity index (χ4n) is 11.4. The highest BCUT2D eigenvalue weighted by Crippen LogP contribution is 2.19. The van der Waals surface area contributed by atoms with Crippen molar-refractivity contribution in [1.82, 2.24) is 5.32 Å². The van der Waals surface area contributed by atoms with Crippen molar-refractivity contribution in [2.24, 2.45) is 0 Å². The number of aliphatic hydroxyl groups is 2. The number of rotatable bonds is 67. The Morgan fingerprint density at radius 2 is 0.597 bits per heavy atom. The molecule has 0 aliphatic heterocycles. The average molecular weight is 1090 g/mol. The lowest BCUT2D eigenvalue weighted by molar-refractivity contribution is -0.143. The molecule has 0 saturated carbocycles. The molecule has 458 valence electrons. The van der Waals surface area contributed by atoms with Crippen LogP contribution < -0.4 is 5.32 Å². The quantitative estimate of drug-likeness (QED) is 0.0320. The van der Waals surface area contributed by atoms with E-state index >= 15 is 0 Å². The minimum Gasteiger partial charge on any atom is -0.466 e. The highest BCUT2D eigenvalue weighted by molar-refractivity contribution is 5.76. The summed E-state index contributed by atoms with van der Waals surface area (Å²) in [5, 5.41) is 23.3. The van der Waals surface area contributed by atoms with Crippen LogP contribution in [0.3, 0.4) is 0 Å². The first-order valence-electron chi connectivity index (χ1n) is 35.5. The van der Waals surface area contributed by atoms with Gasteiger partial charge in [0, 0.05) is 12.8 Å². The van der Waals surface area contributed by atoms with Crippen LogP contribution in [0.4, 0.5) is 0 Å². The van der Waals surface area contributed by atoms with Crippen molar-refractivity contribution in [3.63, 3.8) is 0 Å². The topological polar surface area (TPSA) is 95.9 Å². The van der Waals surface area contributed by atoms with Crippen molar-refractivity contribution in [3.8, 4) is 0 Å². The summed E-state index contributed by atoms with van der Waals surface area (Å²) < 4.78 is 5.50. The Kier molecular flexibility index (Phi) is 65.9. The lowest BCUT2D eigenvalue weighted by Gasteiger charge is -2.20.